The zero-order chi connectivity index (χ0) is 35.8. The maximum Gasteiger partial charge on any atom is 0.0547 e. The van der Waals surface area contributed by atoms with E-state index in [1.165, 1.54) is 66.0 Å². The lowest BCUT2D eigenvalue weighted by atomic mass is 9.99. The van der Waals surface area contributed by atoms with Gasteiger partial charge >= 0.3 is 0 Å². The smallest absolute Gasteiger partial charge is 0.0547 e. The first-order valence-corrected chi connectivity index (χ1v) is 18.5. The van der Waals surface area contributed by atoms with Gasteiger partial charge in [-0.25, -0.2) is 0 Å². The molecule has 0 radical (unpaired) electrons. The lowest BCUT2D eigenvalue weighted by molar-refractivity contribution is 1.18. The minimum absolute atomic E-state index is 1.11. The van der Waals surface area contributed by atoms with Crippen molar-refractivity contribution in [3.05, 3.63) is 218 Å². The summed E-state index contributed by atoms with van der Waals surface area (Å²) in [5.41, 5.74) is 14.1. The molecule has 0 N–H and O–H groups in total. The van der Waals surface area contributed by atoms with Crippen LogP contribution in [0.2, 0.25) is 0 Å². The highest BCUT2D eigenvalue weighted by Gasteiger charge is 2.15. The number of benzene rings is 9. The molecule has 0 fully saturated rings. The monoisotopic (exact) mass is 688 g/mol. The van der Waals surface area contributed by atoms with E-state index in [4.69, 9.17) is 0 Å². The highest BCUT2D eigenvalue weighted by Crippen LogP contribution is 2.39. The molecule has 0 aliphatic carbocycles. The van der Waals surface area contributed by atoms with Crippen molar-refractivity contribution >= 4 is 49.6 Å². The second kappa shape index (κ2) is 13.4. The van der Waals surface area contributed by atoms with E-state index in [-0.39, 0.29) is 0 Å². The van der Waals surface area contributed by atoms with Gasteiger partial charge in [0.2, 0.25) is 0 Å². The molecule has 0 bridgehead atoms. The van der Waals surface area contributed by atoms with Gasteiger partial charge in [-0.15, -0.1) is 0 Å². The Labute approximate surface area is 315 Å². The molecule has 2 nitrogen and oxygen atoms in total. The van der Waals surface area contributed by atoms with Crippen LogP contribution in [0.1, 0.15) is 0 Å². The van der Waals surface area contributed by atoms with Crippen LogP contribution in [-0.4, -0.2) is 4.57 Å². The normalized spacial score (nSPS) is 11.3. The van der Waals surface area contributed by atoms with Gasteiger partial charge in [0.25, 0.3) is 0 Å². The molecule has 0 unspecified atom stereocenters. The van der Waals surface area contributed by atoms with Gasteiger partial charge in [-0.2, -0.15) is 0 Å². The molecular formula is C52H36N2. The quantitative estimate of drug-likeness (QED) is 0.162. The number of nitrogens with zero attached hydrogens (tertiary/aromatic N) is 2. The highest BCUT2D eigenvalue weighted by atomic mass is 15.1. The molecule has 0 amide bonds. The first-order valence-electron chi connectivity index (χ1n) is 18.5. The molecule has 0 aliphatic rings. The Morgan fingerprint density at radius 2 is 0.759 bits per heavy atom. The minimum Gasteiger partial charge on any atom is -0.310 e. The molecule has 0 aliphatic heterocycles. The Hall–Kier alpha value is -7.16. The van der Waals surface area contributed by atoms with Gasteiger partial charge in [0, 0.05) is 33.5 Å². The lowest BCUT2D eigenvalue weighted by Crippen LogP contribution is -2.09. The summed E-state index contributed by atoms with van der Waals surface area (Å²) < 4.78 is 2.40. The van der Waals surface area contributed by atoms with E-state index in [1.54, 1.807) is 0 Å². The van der Waals surface area contributed by atoms with Gasteiger partial charge in [-0.05, 0) is 111 Å². The third-order valence-corrected chi connectivity index (χ3v) is 10.6. The third-order valence-electron chi connectivity index (χ3n) is 10.6. The highest BCUT2D eigenvalue weighted by molar-refractivity contribution is 6.13. The van der Waals surface area contributed by atoms with E-state index in [0.717, 1.165) is 22.7 Å². The van der Waals surface area contributed by atoms with Crippen molar-refractivity contribution < 1.29 is 0 Å². The average molecular weight is 689 g/mol. The topological polar surface area (TPSA) is 8.17 Å². The summed E-state index contributed by atoms with van der Waals surface area (Å²) in [6.07, 6.45) is 0. The zero-order valence-electron chi connectivity index (χ0n) is 29.7. The molecule has 254 valence electrons. The Balaban J connectivity index is 0.975. The maximum absolute atomic E-state index is 2.40. The van der Waals surface area contributed by atoms with E-state index in [0.29, 0.717) is 0 Å². The molecule has 54 heavy (non-hydrogen) atoms. The summed E-state index contributed by atoms with van der Waals surface area (Å²) in [5.74, 6) is 0. The van der Waals surface area contributed by atoms with E-state index in [1.807, 2.05) is 0 Å². The van der Waals surface area contributed by atoms with E-state index < -0.39 is 0 Å². The fourth-order valence-corrected chi connectivity index (χ4v) is 7.87. The van der Waals surface area contributed by atoms with Crippen LogP contribution in [0.25, 0.3) is 71.6 Å². The molecule has 10 aromatic rings. The Bertz CT molecular complexity index is 2890. The van der Waals surface area contributed by atoms with Crippen molar-refractivity contribution in [3.63, 3.8) is 0 Å². The van der Waals surface area contributed by atoms with Gasteiger partial charge in [-0.3, -0.25) is 0 Å². The van der Waals surface area contributed by atoms with Crippen LogP contribution >= 0.6 is 0 Å². The number of anilines is 3. The first kappa shape index (κ1) is 31.6. The maximum atomic E-state index is 2.40. The van der Waals surface area contributed by atoms with Gasteiger partial charge in [0.05, 0.1) is 11.0 Å². The molecule has 1 heterocycles. The molecule has 0 atom stereocenters. The third kappa shape index (κ3) is 5.71. The number of para-hydroxylation sites is 2. The Kier molecular flexibility index (Phi) is 7.85. The van der Waals surface area contributed by atoms with Gasteiger partial charge in [0.15, 0.2) is 0 Å². The fraction of sp³-hybridized carbons (Fsp3) is 0. The second-order valence-electron chi connectivity index (χ2n) is 13.8. The molecule has 0 spiro atoms. The minimum atomic E-state index is 1.11. The van der Waals surface area contributed by atoms with Crippen molar-refractivity contribution in [2.45, 2.75) is 0 Å². The van der Waals surface area contributed by atoms with Crippen LogP contribution in [0, 0.1) is 0 Å². The molecule has 0 saturated carbocycles. The van der Waals surface area contributed by atoms with Gasteiger partial charge < -0.3 is 9.47 Å². The summed E-state index contributed by atoms with van der Waals surface area (Å²) in [7, 11) is 0. The molecule has 9 aromatic carbocycles. The summed E-state index contributed by atoms with van der Waals surface area (Å²) in [4.78, 5) is 2.33. The first-order chi connectivity index (χ1) is 26.8. The van der Waals surface area contributed by atoms with E-state index >= 15 is 0 Å². The zero-order valence-corrected chi connectivity index (χ0v) is 29.7. The number of fused-ring (bicyclic) bond motifs is 4. The van der Waals surface area contributed by atoms with E-state index in [9.17, 15) is 0 Å². The Morgan fingerprint density at radius 3 is 1.46 bits per heavy atom. The molecule has 1 aromatic heterocycles. The predicted molar refractivity (Wildman–Crippen MR) is 229 cm³/mol. The van der Waals surface area contributed by atoms with Crippen LogP contribution in [0.5, 0.6) is 0 Å². The second-order valence-corrected chi connectivity index (χ2v) is 13.8. The summed E-state index contributed by atoms with van der Waals surface area (Å²) in [6, 6.07) is 78.8. The van der Waals surface area contributed by atoms with Crippen LogP contribution in [0.15, 0.2) is 218 Å². The van der Waals surface area contributed by atoms with E-state index in [2.05, 4.69) is 228 Å². The summed E-state index contributed by atoms with van der Waals surface area (Å²) >= 11 is 0. The molecular weight excluding hydrogens is 653 g/mol. The van der Waals surface area contributed by atoms with Crippen molar-refractivity contribution in [2.24, 2.45) is 0 Å². The van der Waals surface area contributed by atoms with Crippen LogP contribution in [0.4, 0.5) is 17.1 Å². The molecule has 10 rings (SSSR count). The summed E-state index contributed by atoms with van der Waals surface area (Å²) in [5, 5.41) is 5.06. The van der Waals surface area contributed by atoms with Gasteiger partial charge in [-0.1, -0.05) is 152 Å². The van der Waals surface area contributed by atoms with Crippen LogP contribution < -0.4 is 4.90 Å². The van der Waals surface area contributed by atoms with Crippen molar-refractivity contribution in [3.8, 4) is 39.1 Å². The molecule has 2 heteroatoms. The van der Waals surface area contributed by atoms with Crippen molar-refractivity contribution in [1.29, 1.82) is 0 Å². The predicted octanol–water partition coefficient (Wildman–Crippen LogP) is 14.4. The Morgan fingerprint density at radius 1 is 0.278 bits per heavy atom. The average Bonchev–Trinajstić information content (AvgIpc) is 3.57. The summed E-state index contributed by atoms with van der Waals surface area (Å²) in [6.45, 7) is 0. The lowest BCUT2D eigenvalue weighted by Gasteiger charge is -2.26. The fourth-order valence-electron chi connectivity index (χ4n) is 7.87. The molecule has 0 saturated heterocycles. The number of hydrogen-bond donors (Lipinski definition) is 0. The largest absolute Gasteiger partial charge is 0.310 e. The number of rotatable bonds is 7. The SMILES string of the molecule is c1ccc(-c2ccc(-c3cccc(N(c4ccccc4)c4ccc(-c5ccc(-n6c7ccccc7c7cc8ccccc8cc76)cc5)cc4)c3)cc2)cc1. The van der Waals surface area contributed by atoms with Crippen molar-refractivity contribution in [1.82, 2.24) is 4.57 Å². The van der Waals surface area contributed by atoms with Crippen molar-refractivity contribution in [2.75, 3.05) is 4.90 Å². The van der Waals surface area contributed by atoms with Gasteiger partial charge in [0.1, 0.15) is 0 Å². The van der Waals surface area contributed by atoms with Crippen LogP contribution in [0.3, 0.4) is 0 Å². The standard InChI is InChI=1S/C52H36N2/c1-3-12-37(13-4-1)38-22-24-41(25-23-38)42-16-11-19-48(34-42)53(45-17-5-2-6-18-45)46-30-26-39(27-31-46)40-28-32-47(33-29-40)54-51-21-10-9-20-49(51)50-35-43-14-7-8-15-44(43)36-52(50)54/h1-36H. The number of aromatic nitrogens is 1. The number of hydrogen-bond acceptors (Lipinski definition) is 1. The van der Waals surface area contributed by atoms with Crippen LogP contribution in [-0.2, 0) is 0 Å².